The maximum absolute atomic E-state index is 5.94. The van der Waals surface area contributed by atoms with Crippen LogP contribution in [0.5, 0.6) is 0 Å². The Bertz CT molecular complexity index is 406. The maximum atomic E-state index is 5.94. The van der Waals surface area contributed by atoms with E-state index in [4.69, 9.17) is 5.73 Å². The van der Waals surface area contributed by atoms with E-state index in [0.717, 1.165) is 11.3 Å². The second-order valence-electron chi connectivity index (χ2n) is 4.98. The van der Waals surface area contributed by atoms with Crippen LogP contribution in [0, 0.1) is 0 Å². The molecular formula is C15H21N. The van der Waals surface area contributed by atoms with Gasteiger partial charge < -0.3 is 5.73 Å². The van der Waals surface area contributed by atoms with Gasteiger partial charge in [0.2, 0.25) is 0 Å². The van der Waals surface area contributed by atoms with Gasteiger partial charge in [0, 0.05) is 5.69 Å². The molecule has 0 aliphatic rings. The van der Waals surface area contributed by atoms with Gasteiger partial charge in [0.1, 0.15) is 0 Å². The summed E-state index contributed by atoms with van der Waals surface area (Å²) in [6, 6.07) is 6.24. The monoisotopic (exact) mass is 215 g/mol. The summed E-state index contributed by atoms with van der Waals surface area (Å²) in [5.74, 6) is 0. The van der Waals surface area contributed by atoms with E-state index in [0.29, 0.717) is 0 Å². The Hall–Kier alpha value is -1.50. The van der Waals surface area contributed by atoms with Crippen molar-refractivity contribution in [2.45, 2.75) is 33.1 Å². The van der Waals surface area contributed by atoms with Crippen molar-refractivity contribution in [3.63, 3.8) is 0 Å². The van der Waals surface area contributed by atoms with Gasteiger partial charge in [-0.25, -0.2) is 0 Å². The molecule has 2 N–H and O–H groups in total. The van der Waals surface area contributed by atoms with Gasteiger partial charge in [0.15, 0.2) is 0 Å². The molecule has 0 aliphatic carbocycles. The van der Waals surface area contributed by atoms with Crippen molar-refractivity contribution in [3.05, 3.63) is 47.6 Å². The fourth-order valence-electron chi connectivity index (χ4n) is 1.46. The summed E-state index contributed by atoms with van der Waals surface area (Å²) in [4.78, 5) is 0. The molecule has 0 saturated carbocycles. The molecule has 0 amide bonds. The van der Waals surface area contributed by atoms with Crippen LogP contribution in [0.15, 0.2) is 36.4 Å². The summed E-state index contributed by atoms with van der Waals surface area (Å²) in [6.07, 6.45) is 8.06. The number of rotatable bonds is 2. The summed E-state index contributed by atoms with van der Waals surface area (Å²) in [6.45, 7) is 8.62. The van der Waals surface area contributed by atoms with Crippen molar-refractivity contribution in [2.75, 3.05) is 5.73 Å². The highest BCUT2D eigenvalue weighted by Gasteiger charge is 2.13. The Labute approximate surface area is 98.7 Å². The molecule has 0 aromatic heterocycles. The molecule has 0 fully saturated rings. The molecule has 1 nitrogen and oxygen atoms in total. The van der Waals surface area contributed by atoms with Crippen molar-refractivity contribution in [1.29, 1.82) is 0 Å². The van der Waals surface area contributed by atoms with Gasteiger partial charge in [-0.05, 0) is 35.6 Å². The smallest absolute Gasteiger partial charge is 0.0387 e. The number of allylic oxidation sites excluding steroid dienone is 3. The topological polar surface area (TPSA) is 26.0 Å². The van der Waals surface area contributed by atoms with Gasteiger partial charge in [0.25, 0.3) is 0 Å². The fraction of sp³-hybridized carbons (Fsp3) is 0.333. The fourth-order valence-corrected chi connectivity index (χ4v) is 1.46. The molecule has 86 valence electrons. The lowest BCUT2D eigenvalue weighted by atomic mass is 9.86. The lowest BCUT2D eigenvalue weighted by Gasteiger charge is -2.20. The first-order valence-corrected chi connectivity index (χ1v) is 5.64. The molecular weight excluding hydrogens is 194 g/mol. The highest BCUT2D eigenvalue weighted by molar-refractivity contribution is 5.66. The van der Waals surface area contributed by atoms with E-state index >= 15 is 0 Å². The number of nitrogen functional groups attached to an aromatic ring is 1. The Morgan fingerprint density at radius 1 is 1.12 bits per heavy atom. The summed E-state index contributed by atoms with van der Waals surface area (Å²) < 4.78 is 0. The third-order valence-electron chi connectivity index (χ3n) is 2.53. The first-order valence-electron chi connectivity index (χ1n) is 5.64. The van der Waals surface area contributed by atoms with Gasteiger partial charge in [0.05, 0.1) is 0 Å². The third kappa shape index (κ3) is 3.27. The first-order chi connectivity index (χ1) is 7.45. The average Bonchev–Trinajstić information content (AvgIpc) is 2.19. The van der Waals surface area contributed by atoms with E-state index < -0.39 is 0 Å². The molecule has 1 aromatic rings. The number of anilines is 1. The van der Waals surface area contributed by atoms with E-state index in [1.54, 1.807) is 0 Å². The SMILES string of the molecule is C/C=C\C=C/c1cc(C(C)(C)C)ccc1N. The van der Waals surface area contributed by atoms with Crippen molar-refractivity contribution in [3.8, 4) is 0 Å². The molecule has 0 bridgehead atoms. The normalized spacial score (nSPS) is 12.8. The number of nitrogens with two attached hydrogens (primary N) is 1. The van der Waals surface area contributed by atoms with Crippen molar-refractivity contribution in [1.82, 2.24) is 0 Å². The van der Waals surface area contributed by atoms with Gasteiger partial charge in [-0.3, -0.25) is 0 Å². The minimum Gasteiger partial charge on any atom is -0.398 e. The van der Waals surface area contributed by atoms with Crippen LogP contribution < -0.4 is 5.73 Å². The standard InChI is InChI=1S/C15H21N/c1-5-6-7-8-12-11-13(15(2,3)4)9-10-14(12)16/h5-11H,16H2,1-4H3/b6-5-,8-7-. The number of benzene rings is 1. The molecule has 1 heteroatoms. The molecule has 0 radical (unpaired) electrons. The zero-order valence-corrected chi connectivity index (χ0v) is 10.6. The van der Waals surface area contributed by atoms with E-state index in [9.17, 15) is 0 Å². The highest BCUT2D eigenvalue weighted by atomic mass is 14.6. The van der Waals surface area contributed by atoms with Crippen LogP contribution >= 0.6 is 0 Å². The molecule has 1 rings (SSSR count). The highest BCUT2D eigenvalue weighted by Crippen LogP contribution is 2.26. The van der Waals surface area contributed by atoms with E-state index in [1.165, 1.54) is 5.56 Å². The summed E-state index contributed by atoms with van der Waals surface area (Å²) in [7, 11) is 0. The van der Waals surface area contributed by atoms with Crippen LogP contribution in [-0.2, 0) is 5.41 Å². The predicted octanol–water partition coefficient (Wildman–Crippen LogP) is 4.16. The second-order valence-corrected chi connectivity index (χ2v) is 4.98. The maximum Gasteiger partial charge on any atom is 0.0387 e. The van der Waals surface area contributed by atoms with E-state index in [1.807, 2.05) is 37.3 Å². The molecule has 16 heavy (non-hydrogen) atoms. The number of hydrogen-bond donors (Lipinski definition) is 1. The lowest BCUT2D eigenvalue weighted by molar-refractivity contribution is 0.590. The van der Waals surface area contributed by atoms with E-state index in [-0.39, 0.29) is 5.41 Å². The predicted molar refractivity (Wildman–Crippen MR) is 73.4 cm³/mol. The van der Waals surface area contributed by atoms with Gasteiger partial charge in [-0.2, -0.15) is 0 Å². The minimum atomic E-state index is 0.164. The number of hydrogen-bond acceptors (Lipinski definition) is 1. The zero-order valence-electron chi connectivity index (χ0n) is 10.6. The molecule has 0 aliphatic heterocycles. The average molecular weight is 215 g/mol. The van der Waals surface area contributed by atoms with Crippen LogP contribution in [-0.4, -0.2) is 0 Å². The van der Waals surface area contributed by atoms with Crippen LogP contribution in [0.3, 0.4) is 0 Å². The van der Waals surface area contributed by atoms with Crippen molar-refractivity contribution < 1.29 is 0 Å². The van der Waals surface area contributed by atoms with Gasteiger partial charge in [-0.1, -0.05) is 51.1 Å². The summed E-state index contributed by atoms with van der Waals surface area (Å²) >= 11 is 0. The Kier molecular flexibility index (Phi) is 3.94. The summed E-state index contributed by atoms with van der Waals surface area (Å²) in [5, 5.41) is 0. The van der Waals surface area contributed by atoms with Gasteiger partial charge >= 0.3 is 0 Å². The Morgan fingerprint density at radius 2 is 1.81 bits per heavy atom. The summed E-state index contributed by atoms with van der Waals surface area (Å²) in [5.41, 5.74) is 9.33. The third-order valence-corrected chi connectivity index (χ3v) is 2.53. The molecule has 0 spiro atoms. The van der Waals surface area contributed by atoms with Crippen LogP contribution in [0.25, 0.3) is 6.08 Å². The molecule has 0 saturated heterocycles. The van der Waals surface area contributed by atoms with Crippen LogP contribution in [0.1, 0.15) is 38.8 Å². The quantitative estimate of drug-likeness (QED) is 0.582. The van der Waals surface area contributed by atoms with Crippen LogP contribution in [0.2, 0.25) is 0 Å². The van der Waals surface area contributed by atoms with Crippen molar-refractivity contribution in [2.24, 2.45) is 0 Å². The molecule has 0 unspecified atom stereocenters. The zero-order chi connectivity index (χ0) is 12.2. The second kappa shape index (κ2) is 5.02. The minimum absolute atomic E-state index is 0.164. The lowest BCUT2D eigenvalue weighted by Crippen LogP contribution is -2.11. The molecule has 0 atom stereocenters. The molecule has 0 heterocycles. The van der Waals surface area contributed by atoms with Crippen molar-refractivity contribution >= 4 is 11.8 Å². The largest absolute Gasteiger partial charge is 0.398 e. The Balaban J connectivity index is 3.09. The first kappa shape index (κ1) is 12.6. The van der Waals surface area contributed by atoms with Crippen LogP contribution in [0.4, 0.5) is 5.69 Å². The molecule has 1 aromatic carbocycles. The Morgan fingerprint density at radius 3 is 2.38 bits per heavy atom. The van der Waals surface area contributed by atoms with Gasteiger partial charge in [-0.15, -0.1) is 0 Å². The van der Waals surface area contributed by atoms with E-state index in [2.05, 4.69) is 32.9 Å².